The molecule has 0 atom stereocenters. The van der Waals surface area contributed by atoms with Crippen molar-refractivity contribution in [3.63, 3.8) is 0 Å². The minimum Gasteiger partial charge on any atom is -0.409 e. The Morgan fingerprint density at radius 2 is 2.38 bits per heavy atom. The van der Waals surface area contributed by atoms with Crippen LogP contribution in [0.2, 0.25) is 5.15 Å². The summed E-state index contributed by atoms with van der Waals surface area (Å²) in [5.74, 6) is 0.118. The molecule has 0 saturated carbocycles. The molecule has 0 aliphatic heterocycles. The summed E-state index contributed by atoms with van der Waals surface area (Å²) in [6.45, 7) is 1.86. The standard InChI is InChI=1S/C8H10ClN3O/c1-5-2-3-6(11-8(5)9)4-7(10)12-13/h2-3,13H,4H2,1H3,(H2,10,12). The molecule has 1 heterocycles. The number of nitrogens with two attached hydrogens (primary N) is 1. The molecular formula is C8H10ClN3O. The summed E-state index contributed by atoms with van der Waals surface area (Å²) < 4.78 is 0. The fraction of sp³-hybridized carbons (Fsp3) is 0.250. The summed E-state index contributed by atoms with van der Waals surface area (Å²) in [7, 11) is 0. The highest BCUT2D eigenvalue weighted by Gasteiger charge is 2.01. The molecule has 0 aliphatic rings. The first-order valence-electron chi connectivity index (χ1n) is 3.72. The molecule has 0 unspecified atom stereocenters. The SMILES string of the molecule is Cc1ccc(C/C(N)=N/O)nc1Cl. The lowest BCUT2D eigenvalue weighted by molar-refractivity contribution is 0.317. The molecule has 0 aromatic carbocycles. The Morgan fingerprint density at radius 3 is 2.92 bits per heavy atom. The second kappa shape index (κ2) is 4.09. The number of aryl methyl sites for hydroxylation is 1. The monoisotopic (exact) mass is 199 g/mol. The van der Waals surface area contributed by atoms with Crippen LogP contribution in [0.25, 0.3) is 0 Å². The van der Waals surface area contributed by atoms with Crippen molar-refractivity contribution in [2.45, 2.75) is 13.3 Å². The largest absolute Gasteiger partial charge is 0.409 e. The lowest BCUT2D eigenvalue weighted by atomic mass is 10.2. The molecule has 4 nitrogen and oxygen atoms in total. The number of hydrogen-bond acceptors (Lipinski definition) is 3. The summed E-state index contributed by atoms with van der Waals surface area (Å²) in [6, 6.07) is 3.63. The Labute approximate surface area is 81.0 Å². The van der Waals surface area contributed by atoms with Gasteiger partial charge in [-0.15, -0.1) is 0 Å². The van der Waals surface area contributed by atoms with E-state index in [0.717, 1.165) is 5.56 Å². The zero-order valence-corrected chi connectivity index (χ0v) is 7.91. The summed E-state index contributed by atoms with van der Waals surface area (Å²) >= 11 is 5.79. The van der Waals surface area contributed by atoms with Gasteiger partial charge in [-0.3, -0.25) is 0 Å². The van der Waals surface area contributed by atoms with E-state index in [4.69, 9.17) is 22.5 Å². The van der Waals surface area contributed by atoms with E-state index in [1.54, 1.807) is 6.07 Å². The molecule has 3 N–H and O–H groups in total. The molecule has 0 saturated heterocycles. The second-order valence-corrected chi connectivity index (χ2v) is 3.04. The molecule has 0 fully saturated rings. The fourth-order valence-electron chi connectivity index (χ4n) is 0.861. The minimum absolute atomic E-state index is 0.118. The predicted octanol–water partition coefficient (Wildman–Crippen LogP) is 1.33. The number of oxime groups is 1. The number of rotatable bonds is 2. The predicted molar refractivity (Wildman–Crippen MR) is 51.1 cm³/mol. The first kappa shape index (κ1) is 9.80. The Hall–Kier alpha value is -1.29. The molecule has 0 aliphatic carbocycles. The van der Waals surface area contributed by atoms with Crippen LogP contribution in [0.4, 0.5) is 0 Å². The van der Waals surface area contributed by atoms with Crippen LogP contribution < -0.4 is 5.73 Å². The lowest BCUT2D eigenvalue weighted by Crippen LogP contribution is -2.15. The maximum Gasteiger partial charge on any atom is 0.145 e. The Balaban J connectivity index is 2.86. The third-order valence-electron chi connectivity index (χ3n) is 1.58. The summed E-state index contributed by atoms with van der Waals surface area (Å²) in [5, 5.41) is 11.6. The number of hydrogen-bond donors (Lipinski definition) is 2. The van der Waals surface area contributed by atoms with Crippen LogP contribution >= 0.6 is 11.6 Å². The number of amidine groups is 1. The van der Waals surface area contributed by atoms with Crippen LogP contribution in [0.3, 0.4) is 0 Å². The van der Waals surface area contributed by atoms with Gasteiger partial charge >= 0.3 is 0 Å². The van der Waals surface area contributed by atoms with Gasteiger partial charge in [-0.2, -0.15) is 0 Å². The van der Waals surface area contributed by atoms with Crippen molar-refractivity contribution in [3.05, 3.63) is 28.5 Å². The van der Waals surface area contributed by atoms with Crippen LogP contribution in [0.5, 0.6) is 0 Å². The van der Waals surface area contributed by atoms with Gasteiger partial charge in [0.15, 0.2) is 0 Å². The minimum atomic E-state index is 0.118. The van der Waals surface area contributed by atoms with E-state index < -0.39 is 0 Å². The Kier molecular flexibility index (Phi) is 3.08. The van der Waals surface area contributed by atoms with Gasteiger partial charge in [-0.05, 0) is 18.6 Å². The summed E-state index contributed by atoms with van der Waals surface area (Å²) in [4.78, 5) is 4.05. The van der Waals surface area contributed by atoms with Crippen LogP contribution in [0.1, 0.15) is 11.3 Å². The van der Waals surface area contributed by atoms with Gasteiger partial charge < -0.3 is 10.9 Å². The maximum atomic E-state index is 8.32. The van der Waals surface area contributed by atoms with Crippen molar-refractivity contribution in [2.75, 3.05) is 0 Å². The highest BCUT2D eigenvalue weighted by Crippen LogP contribution is 2.12. The van der Waals surface area contributed by atoms with Crippen molar-refractivity contribution < 1.29 is 5.21 Å². The van der Waals surface area contributed by atoms with E-state index in [-0.39, 0.29) is 5.84 Å². The number of aromatic nitrogens is 1. The fourth-order valence-corrected chi connectivity index (χ4v) is 1.03. The molecule has 70 valence electrons. The van der Waals surface area contributed by atoms with Crippen LogP contribution in [0.15, 0.2) is 17.3 Å². The first-order valence-corrected chi connectivity index (χ1v) is 4.09. The van der Waals surface area contributed by atoms with Gasteiger partial charge in [0.25, 0.3) is 0 Å². The van der Waals surface area contributed by atoms with Crippen LogP contribution in [-0.2, 0) is 6.42 Å². The van der Waals surface area contributed by atoms with E-state index in [9.17, 15) is 0 Å². The Morgan fingerprint density at radius 1 is 1.69 bits per heavy atom. The van der Waals surface area contributed by atoms with E-state index >= 15 is 0 Å². The van der Waals surface area contributed by atoms with Gasteiger partial charge in [0.05, 0.1) is 6.42 Å². The smallest absolute Gasteiger partial charge is 0.145 e. The second-order valence-electron chi connectivity index (χ2n) is 2.68. The molecule has 5 heteroatoms. The van der Waals surface area contributed by atoms with Gasteiger partial charge in [-0.1, -0.05) is 22.8 Å². The summed E-state index contributed by atoms with van der Waals surface area (Å²) in [5.41, 5.74) is 6.90. The lowest BCUT2D eigenvalue weighted by Gasteiger charge is -2.01. The van der Waals surface area contributed by atoms with Gasteiger partial charge in [0.1, 0.15) is 11.0 Å². The Bertz CT molecular complexity index is 338. The quantitative estimate of drug-likeness (QED) is 0.248. The van der Waals surface area contributed by atoms with E-state index in [1.165, 1.54) is 0 Å². The molecule has 13 heavy (non-hydrogen) atoms. The average molecular weight is 200 g/mol. The number of halogens is 1. The van der Waals surface area contributed by atoms with Gasteiger partial charge in [0.2, 0.25) is 0 Å². The third kappa shape index (κ3) is 2.59. The van der Waals surface area contributed by atoms with Gasteiger partial charge in [0, 0.05) is 5.69 Å². The van der Waals surface area contributed by atoms with Crippen molar-refractivity contribution in [2.24, 2.45) is 10.9 Å². The topological polar surface area (TPSA) is 71.5 Å². The molecule has 0 bridgehead atoms. The molecule has 0 radical (unpaired) electrons. The molecule has 0 spiro atoms. The first-order chi connectivity index (χ1) is 6.13. The van der Waals surface area contributed by atoms with E-state index in [1.807, 2.05) is 13.0 Å². The van der Waals surface area contributed by atoms with Crippen molar-refractivity contribution >= 4 is 17.4 Å². The van der Waals surface area contributed by atoms with E-state index in [0.29, 0.717) is 17.3 Å². The summed E-state index contributed by atoms with van der Waals surface area (Å²) in [6.07, 6.45) is 0.302. The van der Waals surface area contributed by atoms with Crippen LogP contribution in [-0.4, -0.2) is 16.0 Å². The van der Waals surface area contributed by atoms with Crippen molar-refractivity contribution in [1.29, 1.82) is 0 Å². The van der Waals surface area contributed by atoms with Crippen molar-refractivity contribution in [1.82, 2.24) is 4.98 Å². The molecule has 1 aromatic rings. The van der Waals surface area contributed by atoms with Crippen molar-refractivity contribution in [3.8, 4) is 0 Å². The number of nitrogens with zero attached hydrogens (tertiary/aromatic N) is 2. The molecule has 1 rings (SSSR count). The van der Waals surface area contributed by atoms with Crippen LogP contribution in [0, 0.1) is 6.92 Å². The number of pyridine rings is 1. The third-order valence-corrected chi connectivity index (χ3v) is 1.97. The van der Waals surface area contributed by atoms with E-state index in [2.05, 4.69) is 10.1 Å². The molecule has 1 aromatic heterocycles. The average Bonchev–Trinajstić information content (AvgIpc) is 2.11. The zero-order valence-electron chi connectivity index (χ0n) is 7.16. The zero-order chi connectivity index (χ0) is 9.84. The van der Waals surface area contributed by atoms with Gasteiger partial charge in [-0.25, -0.2) is 4.98 Å². The highest BCUT2D eigenvalue weighted by atomic mass is 35.5. The normalized spacial score (nSPS) is 11.7. The molecule has 0 amide bonds. The maximum absolute atomic E-state index is 8.32. The highest BCUT2D eigenvalue weighted by molar-refractivity contribution is 6.30. The molecular weight excluding hydrogens is 190 g/mol.